The molecule has 2 heterocycles. The second-order valence-electron chi connectivity index (χ2n) is 4.73. The van der Waals surface area contributed by atoms with Crippen molar-refractivity contribution in [3.8, 4) is 5.75 Å². The molecule has 5 heteroatoms. The van der Waals surface area contributed by atoms with E-state index in [9.17, 15) is 9.90 Å². The molecule has 1 unspecified atom stereocenters. The van der Waals surface area contributed by atoms with Gasteiger partial charge in [-0.2, -0.15) is 0 Å². The number of hydrogen-bond donors (Lipinski definition) is 2. The summed E-state index contributed by atoms with van der Waals surface area (Å²) in [5, 5.41) is 15.2. The van der Waals surface area contributed by atoms with E-state index in [4.69, 9.17) is 4.74 Å². The number of carbonyl (C=O) groups excluding carboxylic acids is 1. The lowest BCUT2D eigenvalue weighted by Gasteiger charge is -2.13. The summed E-state index contributed by atoms with van der Waals surface area (Å²) in [6.07, 6.45) is -0.712. The summed E-state index contributed by atoms with van der Waals surface area (Å²) in [5.74, 6) is 0.410. The maximum absolute atomic E-state index is 12.0. The number of aryl methyl sites for hydroxylation is 1. The van der Waals surface area contributed by atoms with Crippen molar-refractivity contribution in [2.24, 2.45) is 0 Å². The third kappa shape index (κ3) is 2.30. The predicted molar refractivity (Wildman–Crippen MR) is 77.4 cm³/mol. The molecule has 0 bridgehead atoms. The van der Waals surface area contributed by atoms with Gasteiger partial charge in [-0.15, -0.1) is 11.3 Å². The fourth-order valence-corrected chi connectivity index (χ4v) is 3.20. The molecule has 3 rings (SSSR count). The molecule has 0 aliphatic carbocycles. The Morgan fingerprint density at radius 3 is 3.00 bits per heavy atom. The number of aliphatic hydroxyl groups is 1. The Labute approximate surface area is 121 Å². The van der Waals surface area contributed by atoms with Gasteiger partial charge in [0, 0.05) is 4.88 Å². The van der Waals surface area contributed by atoms with Gasteiger partial charge in [-0.05, 0) is 41.6 Å². The van der Waals surface area contributed by atoms with Gasteiger partial charge in [0.05, 0.1) is 12.1 Å². The van der Waals surface area contributed by atoms with Crippen LogP contribution >= 0.6 is 11.3 Å². The molecule has 0 radical (unpaired) electrons. The molecule has 0 saturated heterocycles. The summed E-state index contributed by atoms with van der Waals surface area (Å²) < 4.78 is 5.51. The van der Waals surface area contributed by atoms with Crippen molar-refractivity contribution in [1.82, 2.24) is 5.32 Å². The normalized spacial score (nSPS) is 15.8. The van der Waals surface area contributed by atoms with Crippen molar-refractivity contribution in [3.05, 3.63) is 51.2 Å². The number of benzene rings is 1. The first kappa shape index (κ1) is 13.1. The molecule has 1 aliphatic rings. The Morgan fingerprint density at radius 2 is 2.25 bits per heavy atom. The molecule has 2 N–H and O–H groups in total. The van der Waals surface area contributed by atoms with Crippen molar-refractivity contribution >= 4 is 17.2 Å². The minimum absolute atomic E-state index is 0.158. The van der Waals surface area contributed by atoms with Crippen LogP contribution in [0.4, 0.5) is 0 Å². The zero-order chi connectivity index (χ0) is 14.1. The van der Waals surface area contributed by atoms with Gasteiger partial charge in [-0.3, -0.25) is 4.79 Å². The van der Waals surface area contributed by atoms with E-state index in [0.29, 0.717) is 30.0 Å². The number of hydrogen-bond acceptors (Lipinski definition) is 4. The highest BCUT2D eigenvalue weighted by Gasteiger charge is 2.20. The molecular weight excluding hydrogens is 274 g/mol. The molecule has 0 spiro atoms. The van der Waals surface area contributed by atoms with Crippen molar-refractivity contribution in [2.75, 3.05) is 13.2 Å². The van der Waals surface area contributed by atoms with E-state index in [-0.39, 0.29) is 5.91 Å². The van der Waals surface area contributed by atoms with Gasteiger partial charge in [-0.25, -0.2) is 0 Å². The molecular formula is C15H15NO3S. The Hall–Kier alpha value is -1.85. The van der Waals surface area contributed by atoms with Crippen LogP contribution in [0.2, 0.25) is 0 Å². The lowest BCUT2D eigenvalue weighted by atomic mass is 10.0. The van der Waals surface area contributed by atoms with Crippen LogP contribution in [0.1, 0.15) is 32.5 Å². The van der Waals surface area contributed by atoms with E-state index in [2.05, 4.69) is 5.32 Å². The van der Waals surface area contributed by atoms with E-state index in [1.807, 2.05) is 18.4 Å². The van der Waals surface area contributed by atoms with Gasteiger partial charge in [-0.1, -0.05) is 6.07 Å². The Bertz CT molecular complexity index is 650. The minimum Gasteiger partial charge on any atom is -0.491 e. The van der Waals surface area contributed by atoms with Crippen molar-refractivity contribution in [1.29, 1.82) is 0 Å². The number of rotatable bonds is 2. The van der Waals surface area contributed by atoms with Gasteiger partial charge < -0.3 is 15.2 Å². The number of thiophene rings is 1. The Kier molecular flexibility index (Phi) is 3.46. The molecule has 2 aromatic rings. The SMILES string of the molecule is Cc1ccsc1C(O)c1ccc2c(c1)C(=O)NCCO2. The molecule has 104 valence electrons. The Balaban J connectivity index is 2.00. The van der Waals surface area contributed by atoms with E-state index in [1.54, 1.807) is 18.2 Å². The lowest BCUT2D eigenvalue weighted by Crippen LogP contribution is -2.24. The summed E-state index contributed by atoms with van der Waals surface area (Å²) in [4.78, 5) is 12.9. The van der Waals surface area contributed by atoms with Gasteiger partial charge in [0.1, 0.15) is 18.5 Å². The van der Waals surface area contributed by atoms with Gasteiger partial charge >= 0.3 is 0 Å². The molecule has 1 amide bonds. The first-order valence-electron chi connectivity index (χ1n) is 6.44. The monoisotopic (exact) mass is 289 g/mol. The summed E-state index contributed by atoms with van der Waals surface area (Å²) in [6, 6.07) is 7.24. The fourth-order valence-electron chi connectivity index (χ4n) is 2.26. The Morgan fingerprint density at radius 1 is 1.40 bits per heavy atom. The number of nitrogens with one attached hydrogen (secondary N) is 1. The van der Waals surface area contributed by atoms with Crippen LogP contribution in [-0.4, -0.2) is 24.2 Å². The molecule has 1 aromatic heterocycles. The van der Waals surface area contributed by atoms with Crippen LogP contribution in [0, 0.1) is 6.92 Å². The molecule has 0 fully saturated rings. The molecule has 4 nitrogen and oxygen atoms in total. The fraction of sp³-hybridized carbons (Fsp3) is 0.267. The topological polar surface area (TPSA) is 58.6 Å². The van der Waals surface area contributed by atoms with Crippen molar-refractivity contribution in [2.45, 2.75) is 13.0 Å². The van der Waals surface area contributed by atoms with Crippen LogP contribution in [0.3, 0.4) is 0 Å². The maximum Gasteiger partial charge on any atom is 0.255 e. The molecule has 1 atom stereocenters. The van der Waals surface area contributed by atoms with Gasteiger partial charge in [0.15, 0.2) is 0 Å². The number of fused-ring (bicyclic) bond motifs is 1. The third-order valence-electron chi connectivity index (χ3n) is 3.36. The van der Waals surface area contributed by atoms with E-state index in [0.717, 1.165) is 10.4 Å². The summed E-state index contributed by atoms with van der Waals surface area (Å²) in [6.45, 7) is 2.93. The van der Waals surface area contributed by atoms with E-state index < -0.39 is 6.10 Å². The molecule has 1 aliphatic heterocycles. The highest BCUT2D eigenvalue weighted by atomic mass is 32.1. The standard InChI is InChI=1S/C15H15NO3S/c1-9-4-7-20-14(9)13(17)10-2-3-12-11(8-10)15(18)16-5-6-19-12/h2-4,7-8,13,17H,5-6H2,1H3,(H,16,18). The quantitative estimate of drug-likeness (QED) is 0.891. The summed E-state index contributed by atoms with van der Waals surface area (Å²) in [5.41, 5.74) is 2.24. The van der Waals surface area contributed by atoms with Gasteiger partial charge in [0.25, 0.3) is 5.91 Å². The number of carbonyl (C=O) groups is 1. The van der Waals surface area contributed by atoms with Crippen molar-refractivity contribution < 1.29 is 14.6 Å². The highest BCUT2D eigenvalue weighted by Crippen LogP contribution is 2.32. The van der Waals surface area contributed by atoms with Crippen LogP contribution in [0.25, 0.3) is 0 Å². The highest BCUT2D eigenvalue weighted by molar-refractivity contribution is 7.10. The zero-order valence-corrected chi connectivity index (χ0v) is 11.9. The van der Waals surface area contributed by atoms with Crippen LogP contribution < -0.4 is 10.1 Å². The average molecular weight is 289 g/mol. The largest absolute Gasteiger partial charge is 0.491 e. The zero-order valence-electron chi connectivity index (χ0n) is 11.1. The first-order chi connectivity index (χ1) is 9.66. The second kappa shape index (κ2) is 5.26. The molecule has 20 heavy (non-hydrogen) atoms. The summed E-state index contributed by atoms with van der Waals surface area (Å²) >= 11 is 1.51. The van der Waals surface area contributed by atoms with Crippen LogP contribution in [0.15, 0.2) is 29.6 Å². The second-order valence-corrected chi connectivity index (χ2v) is 5.68. The first-order valence-corrected chi connectivity index (χ1v) is 7.32. The van der Waals surface area contributed by atoms with E-state index in [1.165, 1.54) is 11.3 Å². The number of aliphatic hydroxyl groups excluding tert-OH is 1. The number of ether oxygens (including phenoxy) is 1. The minimum atomic E-state index is -0.712. The predicted octanol–water partition coefficient (Wildman–Crippen LogP) is 2.26. The maximum atomic E-state index is 12.0. The summed E-state index contributed by atoms with van der Waals surface area (Å²) in [7, 11) is 0. The smallest absolute Gasteiger partial charge is 0.255 e. The van der Waals surface area contributed by atoms with Crippen molar-refractivity contribution in [3.63, 3.8) is 0 Å². The van der Waals surface area contributed by atoms with Crippen LogP contribution in [-0.2, 0) is 0 Å². The van der Waals surface area contributed by atoms with Gasteiger partial charge in [0.2, 0.25) is 0 Å². The van der Waals surface area contributed by atoms with E-state index >= 15 is 0 Å². The van der Waals surface area contributed by atoms with Crippen LogP contribution in [0.5, 0.6) is 5.75 Å². The molecule has 1 aromatic carbocycles. The average Bonchev–Trinajstić information content (AvgIpc) is 2.79. The number of amides is 1. The molecule has 0 saturated carbocycles. The lowest BCUT2D eigenvalue weighted by molar-refractivity contribution is 0.0957. The third-order valence-corrected chi connectivity index (χ3v) is 4.43.